The van der Waals surface area contributed by atoms with E-state index in [0.29, 0.717) is 34.7 Å². The lowest BCUT2D eigenvalue weighted by atomic mass is 9.73. The topological polar surface area (TPSA) is 68.2 Å². The molecule has 39 heavy (non-hydrogen) atoms. The van der Waals surface area contributed by atoms with Crippen molar-refractivity contribution >= 4 is 5.97 Å². The van der Waals surface area contributed by atoms with Crippen LogP contribution in [0.3, 0.4) is 0 Å². The summed E-state index contributed by atoms with van der Waals surface area (Å²) in [5.41, 5.74) is 1.83. The average molecular weight is 536 g/mol. The summed E-state index contributed by atoms with van der Waals surface area (Å²) in [4.78, 5) is 15.0. The molecule has 0 radical (unpaired) electrons. The van der Waals surface area contributed by atoms with Crippen molar-refractivity contribution in [3.63, 3.8) is 0 Å². The lowest BCUT2D eigenvalue weighted by Crippen LogP contribution is -2.57. The standard InChI is InChI=1S/C33H45NO5/c1-20(2)11-9-14-27(35)25-18-24(17-23-12-7-6-8-13-23)19-26-29-21(3)31(38-28(29)15-10-16-34(25)26)32-30(37-5)22(4)33(36)39-32/h6-8,12-13,15,20-21,24-27,29,35H,9-11,14,16-19H2,1-5H3/b32-31+/t21-,24+,25-,26-,27-,29+/m0/s1. The molecule has 0 aliphatic carbocycles. The number of fused-ring (bicyclic) bond motifs is 3. The van der Waals surface area contributed by atoms with Crippen molar-refractivity contribution in [2.24, 2.45) is 23.7 Å². The predicted octanol–water partition coefficient (Wildman–Crippen LogP) is 6.12. The lowest BCUT2D eigenvalue weighted by Gasteiger charge is -2.49. The van der Waals surface area contributed by atoms with Gasteiger partial charge in [-0.1, -0.05) is 63.9 Å². The van der Waals surface area contributed by atoms with Gasteiger partial charge in [-0.05, 0) is 62.5 Å². The zero-order valence-corrected chi connectivity index (χ0v) is 24.2. The van der Waals surface area contributed by atoms with Crippen molar-refractivity contribution in [2.75, 3.05) is 13.7 Å². The molecule has 6 nitrogen and oxygen atoms in total. The molecular formula is C33H45NO5. The Hall–Kier alpha value is -2.57. The number of esters is 1. The Labute approximate surface area is 233 Å². The van der Waals surface area contributed by atoms with Gasteiger partial charge in [0.05, 0.1) is 18.8 Å². The van der Waals surface area contributed by atoms with Crippen LogP contribution in [0.1, 0.15) is 71.8 Å². The van der Waals surface area contributed by atoms with Crippen LogP contribution in [0.5, 0.6) is 0 Å². The van der Waals surface area contributed by atoms with Crippen LogP contribution in [0, 0.1) is 23.7 Å². The second-order valence-electron chi connectivity index (χ2n) is 12.3. The van der Waals surface area contributed by atoms with Crippen molar-refractivity contribution in [3.8, 4) is 0 Å². The van der Waals surface area contributed by atoms with Gasteiger partial charge in [-0.2, -0.15) is 0 Å². The van der Waals surface area contributed by atoms with Crippen LogP contribution in [0.25, 0.3) is 0 Å². The molecule has 0 spiro atoms. The molecule has 6 heteroatoms. The molecule has 212 valence electrons. The van der Waals surface area contributed by atoms with Crippen molar-refractivity contribution in [1.82, 2.24) is 4.90 Å². The van der Waals surface area contributed by atoms with E-state index in [1.165, 1.54) is 5.56 Å². The molecule has 1 N–H and O–H groups in total. The van der Waals surface area contributed by atoms with E-state index in [2.05, 4.69) is 62.1 Å². The molecule has 1 aromatic rings. The molecule has 2 saturated heterocycles. The van der Waals surface area contributed by atoms with Gasteiger partial charge in [-0.3, -0.25) is 4.90 Å². The van der Waals surface area contributed by atoms with Gasteiger partial charge in [-0.25, -0.2) is 4.79 Å². The number of methoxy groups -OCH3 is 1. The van der Waals surface area contributed by atoms with Crippen molar-refractivity contribution in [2.45, 2.75) is 90.8 Å². The van der Waals surface area contributed by atoms with Crippen LogP contribution in [0.15, 0.2) is 65.0 Å². The van der Waals surface area contributed by atoms with Crippen molar-refractivity contribution in [3.05, 3.63) is 70.6 Å². The number of carbonyl (C=O) groups excluding carboxylic acids is 1. The van der Waals surface area contributed by atoms with Crippen LogP contribution in [-0.4, -0.2) is 47.8 Å². The van der Waals surface area contributed by atoms with Gasteiger partial charge in [-0.15, -0.1) is 0 Å². The molecule has 0 amide bonds. The summed E-state index contributed by atoms with van der Waals surface area (Å²) in [6.07, 6.45) is 8.87. The quantitative estimate of drug-likeness (QED) is 0.404. The fourth-order valence-corrected chi connectivity index (χ4v) is 7.29. The van der Waals surface area contributed by atoms with Gasteiger partial charge in [0.25, 0.3) is 0 Å². The molecule has 4 aliphatic heterocycles. The summed E-state index contributed by atoms with van der Waals surface area (Å²) in [6.45, 7) is 9.34. The van der Waals surface area contributed by atoms with Crippen LogP contribution >= 0.6 is 0 Å². The monoisotopic (exact) mass is 535 g/mol. The molecule has 0 unspecified atom stereocenters. The molecule has 4 heterocycles. The van der Waals surface area contributed by atoms with Crippen LogP contribution in [-0.2, 0) is 25.4 Å². The Morgan fingerprint density at radius 2 is 1.90 bits per heavy atom. The van der Waals surface area contributed by atoms with Crippen LogP contribution in [0.4, 0.5) is 0 Å². The number of cyclic esters (lactones) is 1. The Morgan fingerprint density at radius 1 is 1.13 bits per heavy atom. The summed E-state index contributed by atoms with van der Waals surface area (Å²) >= 11 is 0. The number of ether oxygens (including phenoxy) is 3. The molecule has 5 rings (SSSR count). The van der Waals surface area contributed by atoms with Gasteiger partial charge in [0, 0.05) is 30.5 Å². The van der Waals surface area contributed by atoms with E-state index in [-0.39, 0.29) is 36.0 Å². The number of aliphatic hydroxyl groups is 1. The highest BCUT2D eigenvalue weighted by Crippen LogP contribution is 2.50. The van der Waals surface area contributed by atoms with Crippen LogP contribution < -0.4 is 0 Å². The number of benzene rings is 1. The number of hydrogen-bond acceptors (Lipinski definition) is 6. The van der Waals surface area contributed by atoms with Crippen molar-refractivity contribution in [1.29, 1.82) is 0 Å². The third-order valence-electron chi connectivity index (χ3n) is 9.23. The highest BCUT2D eigenvalue weighted by Gasteiger charge is 2.51. The van der Waals surface area contributed by atoms with E-state index in [1.54, 1.807) is 14.0 Å². The lowest BCUT2D eigenvalue weighted by molar-refractivity contribution is -0.133. The number of nitrogens with zero attached hydrogens (tertiary/aromatic N) is 1. The largest absolute Gasteiger partial charge is 0.492 e. The molecule has 0 bridgehead atoms. The Morgan fingerprint density at radius 3 is 2.62 bits per heavy atom. The summed E-state index contributed by atoms with van der Waals surface area (Å²) < 4.78 is 17.8. The summed E-state index contributed by atoms with van der Waals surface area (Å²) in [5.74, 6) is 3.47. The number of rotatable bonds is 8. The number of carbonyl (C=O) groups is 1. The minimum absolute atomic E-state index is 0.0231. The minimum Gasteiger partial charge on any atom is -0.492 e. The van der Waals surface area contributed by atoms with E-state index >= 15 is 0 Å². The van der Waals surface area contributed by atoms with Crippen LogP contribution in [0.2, 0.25) is 0 Å². The number of piperidine rings is 1. The molecule has 1 aromatic carbocycles. The summed E-state index contributed by atoms with van der Waals surface area (Å²) in [6, 6.07) is 11.1. The second kappa shape index (κ2) is 11.9. The molecule has 0 saturated carbocycles. The van der Waals surface area contributed by atoms with E-state index in [9.17, 15) is 9.90 Å². The number of allylic oxidation sites excluding steroid dienone is 1. The Bertz CT molecular complexity index is 1140. The third-order valence-corrected chi connectivity index (χ3v) is 9.23. The van der Waals surface area contributed by atoms with Gasteiger partial charge in [0.2, 0.25) is 5.76 Å². The van der Waals surface area contributed by atoms with E-state index in [4.69, 9.17) is 14.2 Å². The minimum atomic E-state index is -0.377. The fourth-order valence-electron chi connectivity index (χ4n) is 7.29. The fraction of sp³-hybridized carbons (Fsp3) is 0.606. The SMILES string of the molecule is COC1=C(C)C(=O)O/C1=C1/OC2=CCCN3[C@@H](C[C@H](Cc4ccccc4)C[C@H]3[C@@H](O)CCCC(C)C)[C@H]2[C@@H]1C. The first-order valence-corrected chi connectivity index (χ1v) is 14.9. The third kappa shape index (κ3) is 5.69. The molecule has 0 aromatic heterocycles. The predicted molar refractivity (Wildman–Crippen MR) is 151 cm³/mol. The van der Waals surface area contributed by atoms with Gasteiger partial charge in [0.15, 0.2) is 11.5 Å². The Kier molecular flexibility index (Phi) is 8.53. The maximum atomic E-state index is 12.4. The van der Waals surface area contributed by atoms with Gasteiger partial charge < -0.3 is 19.3 Å². The second-order valence-corrected chi connectivity index (χ2v) is 12.3. The highest BCUT2D eigenvalue weighted by atomic mass is 16.6. The molecule has 4 aliphatic rings. The zero-order chi connectivity index (χ0) is 27.7. The Balaban J connectivity index is 1.46. The average Bonchev–Trinajstić information content (AvgIpc) is 3.31. The van der Waals surface area contributed by atoms with Crippen molar-refractivity contribution < 1.29 is 24.1 Å². The van der Waals surface area contributed by atoms with E-state index < -0.39 is 0 Å². The first-order valence-electron chi connectivity index (χ1n) is 14.9. The molecule has 2 fully saturated rings. The molecular weight excluding hydrogens is 490 g/mol. The zero-order valence-electron chi connectivity index (χ0n) is 24.2. The van der Waals surface area contributed by atoms with Gasteiger partial charge >= 0.3 is 5.97 Å². The summed E-state index contributed by atoms with van der Waals surface area (Å²) in [5, 5.41) is 11.6. The first-order chi connectivity index (χ1) is 18.8. The molecule has 6 atom stereocenters. The van der Waals surface area contributed by atoms with E-state index in [0.717, 1.165) is 57.2 Å². The number of hydrogen-bond donors (Lipinski definition) is 1. The first kappa shape index (κ1) is 28.0. The smallest absolute Gasteiger partial charge is 0.343 e. The normalized spacial score (nSPS) is 31.8. The maximum Gasteiger partial charge on any atom is 0.343 e. The van der Waals surface area contributed by atoms with E-state index in [1.807, 2.05) is 0 Å². The van der Waals surface area contributed by atoms with Gasteiger partial charge in [0.1, 0.15) is 5.76 Å². The summed E-state index contributed by atoms with van der Waals surface area (Å²) in [7, 11) is 1.57. The maximum absolute atomic E-state index is 12.4. The number of aliphatic hydroxyl groups excluding tert-OH is 1. The highest BCUT2D eigenvalue weighted by molar-refractivity contribution is 5.93.